The third-order valence-corrected chi connectivity index (χ3v) is 4.93. The molecule has 2 fully saturated rings. The summed E-state index contributed by atoms with van der Waals surface area (Å²) in [6.07, 6.45) is 11.1. The molecular formula is C17H28ClN5O2. The first-order valence-corrected chi connectivity index (χ1v) is 8.98. The number of nitrogens with zero attached hydrogens (tertiary/aromatic N) is 2. The monoisotopic (exact) mass is 369 g/mol. The third kappa shape index (κ3) is 5.71. The van der Waals surface area contributed by atoms with Crippen molar-refractivity contribution in [3.63, 3.8) is 0 Å². The van der Waals surface area contributed by atoms with E-state index in [1.54, 1.807) is 6.20 Å². The fourth-order valence-corrected chi connectivity index (χ4v) is 3.35. The van der Waals surface area contributed by atoms with E-state index in [4.69, 9.17) is 5.73 Å². The summed E-state index contributed by atoms with van der Waals surface area (Å²) in [5.41, 5.74) is 6.18. The molecule has 1 unspecified atom stereocenters. The lowest BCUT2D eigenvalue weighted by Gasteiger charge is -2.22. The van der Waals surface area contributed by atoms with Crippen molar-refractivity contribution in [1.29, 1.82) is 0 Å². The van der Waals surface area contributed by atoms with E-state index in [1.165, 1.54) is 30.1 Å². The third-order valence-electron chi connectivity index (χ3n) is 4.93. The maximum atomic E-state index is 12.2. The lowest BCUT2D eigenvalue weighted by Crippen LogP contribution is -2.41. The number of carbonyl (C=O) groups is 2. The van der Waals surface area contributed by atoms with Crippen LogP contribution in [0.3, 0.4) is 0 Å². The van der Waals surface area contributed by atoms with Gasteiger partial charge < -0.3 is 16.4 Å². The van der Waals surface area contributed by atoms with Gasteiger partial charge in [-0.1, -0.05) is 19.3 Å². The molecular weight excluding hydrogens is 342 g/mol. The van der Waals surface area contributed by atoms with E-state index in [-0.39, 0.29) is 42.8 Å². The first kappa shape index (κ1) is 19.7. The summed E-state index contributed by atoms with van der Waals surface area (Å²) in [6.45, 7) is 0.598. The molecule has 0 saturated heterocycles. The normalized spacial score (nSPS) is 18.9. The minimum absolute atomic E-state index is 0. The van der Waals surface area contributed by atoms with E-state index < -0.39 is 0 Å². The summed E-state index contributed by atoms with van der Waals surface area (Å²) < 4.78 is 1.52. The Morgan fingerprint density at radius 1 is 1.24 bits per heavy atom. The van der Waals surface area contributed by atoms with Gasteiger partial charge in [-0.3, -0.25) is 14.3 Å². The highest BCUT2D eigenvalue weighted by atomic mass is 35.5. The van der Waals surface area contributed by atoms with Gasteiger partial charge in [-0.25, -0.2) is 0 Å². The van der Waals surface area contributed by atoms with Crippen molar-refractivity contribution in [2.45, 2.75) is 63.6 Å². The molecule has 0 aromatic carbocycles. The fourth-order valence-electron chi connectivity index (χ4n) is 3.35. The van der Waals surface area contributed by atoms with Crippen LogP contribution in [0.2, 0.25) is 0 Å². The van der Waals surface area contributed by atoms with Crippen LogP contribution in [0.25, 0.3) is 0 Å². The van der Waals surface area contributed by atoms with E-state index in [2.05, 4.69) is 15.7 Å². The topological polar surface area (TPSA) is 102 Å². The van der Waals surface area contributed by atoms with Gasteiger partial charge in [-0.05, 0) is 31.6 Å². The van der Waals surface area contributed by atoms with Crippen molar-refractivity contribution >= 4 is 24.2 Å². The minimum atomic E-state index is -0.170. The molecule has 1 aromatic heterocycles. The zero-order valence-corrected chi connectivity index (χ0v) is 15.3. The van der Waals surface area contributed by atoms with Gasteiger partial charge in [0.05, 0.1) is 11.8 Å². The van der Waals surface area contributed by atoms with Crippen LogP contribution in [0.5, 0.6) is 0 Å². The van der Waals surface area contributed by atoms with E-state index in [0.717, 1.165) is 25.7 Å². The number of carbonyl (C=O) groups excluding carboxylic acids is 2. The summed E-state index contributed by atoms with van der Waals surface area (Å²) in [4.78, 5) is 24.3. The van der Waals surface area contributed by atoms with E-state index in [0.29, 0.717) is 18.0 Å². The van der Waals surface area contributed by atoms with Crippen LogP contribution in [0.15, 0.2) is 12.4 Å². The number of amides is 2. The summed E-state index contributed by atoms with van der Waals surface area (Å²) >= 11 is 0. The van der Waals surface area contributed by atoms with Crippen LogP contribution in [0.4, 0.5) is 0 Å². The number of nitrogens with one attached hydrogen (secondary N) is 2. The largest absolute Gasteiger partial charge is 0.352 e. The molecule has 0 spiro atoms. The Balaban J connectivity index is 0.00000225. The van der Waals surface area contributed by atoms with Gasteiger partial charge in [0.2, 0.25) is 5.91 Å². The quantitative estimate of drug-likeness (QED) is 0.672. The Labute approximate surface area is 154 Å². The van der Waals surface area contributed by atoms with Gasteiger partial charge in [0.1, 0.15) is 6.54 Å². The molecule has 2 aliphatic rings. The Kier molecular flexibility index (Phi) is 7.25. The van der Waals surface area contributed by atoms with Gasteiger partial charge in [-0.15, -0.1) is 12.4 Å². The van der Waals surface area contributed by atoms with Crippen LogP contribution in [-0.2, 0) is 11.3 Å². The Morgan fingerprint density at radius 3 is 2.60 bits per heavy atom. The molecule has 140 valence electrons. The minimum Gasteiger partial charge on any atom is -0.352 e. The molecule has 0 radical (unpaired) electrons. The first-order valence-electron chi connectivity index (χ1n) is 8.98. The van der Waals surface area contributed by atoms with E-state index in [1.807, 2.05) is 0 Å². The van der Waals surface area contributed by atoms with Crippen molar-refractivity contribution in [2.24, 2.45) is 11.7 Å². The van der Waals surface area contributed by atoms with E-state index in [9.17, 15) is 9.59 Å². The molecule has 3 rings (SSSR count). The van der Waals surface area contributed by atoms with Crippen LogP contribution in [0.1, 0.15) is 55.3 Å². The highest BCUT2D eigenvalue weighted by molar-refractivity contribution is 5.94. The zero-order valence-electron chi connectivity index (χ0n) is 14.4. The lowest BCUT2D eigenvalue weighted by atomic mass is 9.95. The van der Waals surface area contributed by atoms with Crippen LogP contribution < -0.4 is 16.4 Å². The Bertz CT molecular complexity index is 581. The van der Waals surface area contributed by atoms with E-state index >= 15 is 0 Å². The second kappa shape index (κ2) is 9.20. The number of nitrogens with two attached hydrogens (primary N) is 1. The molecule has 25 heavy (non-hydrogen) atoms. The van der Waals surface area contributed by atoms with Gasteiger partial charge in [0, 0.05) is 24.8 Å². The van der Waals surface area contributed by atoms with Crippen LogP contribution >= 0.6 is 12.4 Å². The predicted molar refractivity (Wildman–Crippen MR) is 97.5 cm³/mol. The molecule has 2 saturated carbocycles. The molecule has 0 bridgehead atoms. The molecule has 8 heteroatoms. The molecule has 1 aromatic rings. The van der Waals surface area contributed by atoms with Gasteiger partial charge in [0.25, 0.3) is 5.91 Å². The summed E-state index contributed by atoms with van der Waals surface area (Å²) in [5.74, 6) is 0.293. The molecule has 2 amide bonds. The number of halogens is 1. The molecule has 2 aliphatic carbocycles. The average Bonchev–Trinajstić information content (AvgIpc) is 3.32. The Morgan fingerprint density at radius 2 is 1.96 bits per heavy atom. The zero-order chi connectivity index (χ0) is 16.9. The first-order chi connectivity index (χ1) is 11.7. The second-order valence-electron chi connectivity index (χ2n) is 6.98. The molecule has 7 nitrogen and oxygen atoms in total. The molecule has 4 N–H and O–H groups in total. The highest BCUT2D eigenvalue weighted by Gasteiger charge is 2.31. The average molecular weight is 370 g/mol. The number of hydrogen-bond donors (Lipinski definition) is 3. The van der Waals surface area contributed by atoms with Crippen molar-refractivity contribution in [1.82, 2.24) is 20.4 Å². The molecule has 1 heterocycles. The summed E-state index contributed by atoms with van der Waals surface area (Å²) in [7, 11) is 0. The lowest BCUT2D eigenvalue weighted by molar-refractivity contribution is -0.122. The van der Waals surface area contributed by atoms with Gasteiger partial charge >= 0.3 is 0 Å². The maximum absolute atomic E-state index is 12.2. The number of rotatable bonds is 7. The van der Waals surface area contributed by atoms with Gasteiger partial charge in [-0.2, -0.15) is 5.10 Å². The van der Waals surface area contributed by atoms with Crippen molar-refractivity contribution in [3.05, 3.63) is 18.0 Å². The standard InChI is InChI=1S/C17H27N5O2.ClH/c18-8-15(12-6-7-12)21-17(24)13-9-19-22(10-13)11-16(23)20-14-4-2-1-3-5-14;/h9-10,12,14-15H,1-8,11,18H2,(H,20,23)(H,21,24);1H. The molecule has 1 atom stereocenters. The fraction of sp³-hybridized carbons (Fsp3) is 0.706. The van der Waals surface area contributed by atoms with Crippen LogP contribution in [0, 0.1) is 5.92 Å². The highest BCUT2D eigenvalue weighted by Crippen LogP contribution is 2.32. The van der Waals surface area contributed by atoms with Crippen LogP contribution in [-0.4, -0.2) is 40.2 Å². The molecule has 0 aliphatic heterocycles. The summed E-state index contributed by atoms with van der Waals surface area (Å²) in [6, 6.07) is 0.323. The van der Waals surface area contributed by atoms with Crippen molar-refractivity contribution < 1.29 is 9.59 Å². The van der Waals surface area contributed by atoms with Crippen molar-refractivity contribution in [2.75, 3.05) is 6.54 Å². The van der Waals surface area contributed by atoms with Crippen molar-refractivity contribution in [3.8, 4) is 0 Å². The van der Waals surface area contributed by atoms with Gasteiger partial charge in [0.15, 0.2) is 0 Å². The maximum Gasteiger partial charge on any atom is 0.254 e. The summed E-state index contributed by atoms with van der Waals surface area (Å²) in [5, 5.41) is 10.1. The predicted octanol–water partition coefficient (Wildman–Crippen LogP) is 1.22. The SMILES string of the molecule is Cl.NCC(NC(=O)c1cnn(CC(=O)NC2CCCCC2)c1)C1CC1. The smallest absolute Gasteiger partial charge is 0.254 e. The number of hydrogen-bond acceptors (Lipinski definition) is 4. The number of aromatic nitrogens is 2. The second-order valence-corrected chi connectivity index (χ2v) is 6.98. The Hall–Kier alpha value is -1.60.